The van der Waals surface area contributed by atoms with Gasteiger partial charge in [-0.05, 0) is 32.6 Å². The van der Waals surface area contributed by atoms with Gasteiger partial charge in [0.25, 0.3) is 11.5 Å². The van der Waals surface area contributed by atoms with E-state index in [1.807, 2.05) is 0 Å². The molecule has 0 spiro atoms. The van der Waals surface area contributed by atoms with Gasteiger partial charge in [0, 0.05) is 11.6 Å². The summed E-state index contributed by atoms with van der Waals surface area (Å²) in [6.07, 6.45) is 7.43. The third-order valence-electron chi connectivity index (χ3n) is 4.63. The average molecular weight is 346 g/mol. The zero-order chi connectivity index (χ0) is 17.8. The minimum atomic E-state index is -1.42. The van der Waals surface area contributed by atoms with E-state index in [-0.39, 0.29) is 18.2 Å². The first kappa shape index (κ1) is 15.9. The molecular formula is C17H19FN4O3. The van der Waals surface area contributed by atoms with Crippen molar-refractivity contribution in [2.45, 2.75) is 50.9 Å². The maximum atomic E-state index is 14.4. The van der Waals surface area contributed by atoms with Crippen LogP contribution in [0.1, 0.15) is 48.5 Å². The Morgan fingerprint density at radius 1 is 1.52 bits per heavy atom. The second kappa shape index (κ2) is 5.44. The molecule has 2 saturated carbocycles. The first-order chi connectivity index (χ1) is 11.9. The molecule has 0 bridgehead atoms. The second-order valence-corrected chi connectivity index (χ2v) is 6.82. The molecule has 0 saturated heterocycles. The standard InChI is InChI=1S/C17H19FN4O3/c1-2-3-10-8-19-22-14(10)21(9-17(18)6-7-17)15(24)12(16(22)25)13(23)20-11-4-5-11/h2-3,8,11,24H,4-7,9H2,1H3,(H,20,23)/b3-2+. The number of aromatic hydroxyl groups is 1. The lowest BCUT2D eigenvalue weighted by atomic mass is 10.2. The molecule has 132 valence electrons. The van der Waals surface area contributed by atoms with Gasteiger partial charge < -0.3 is 10.4 Å². The monoisotopic (exact) mass is 346 g/mol. The molecule has 8 heteroatoms. The molecule has 25 heavy (non-hydrogen) atoms. The summed E-state index contributed by atoms with van der Waals surface area (Å²) in [5, 5.41) is 17.4. The van der Waals surface area contributed by atoms with E-state index in [0.717, 1.165) is 17.4 Å². The highest BCUT2D eigenvalue weighted by molar-refractivity contribution is 5.96. The summed E-state index contributed by atoms with van der Waals surface area (Å²) in [7, 11) is 0. The van der Waals surface area contributed by atoms with Gasteiger partial charge in [-0.2, -0.15) is 9.61 Å². The zero-order valence-corrected chi connectivity index (χ0v) is 13.8. The van der Waals surface area contributed by atoms with E-state index >= 15 is 0 Å². The number of carbonyl (C=O) groups is 1. The topological polar surface area (TPSA) is 88.6 Å². The fourth-order valence-corrected chi connectivity index (χ4v) is 2.92. The highest BCUT2D eigenvalue weighted by atomic mass is 19.1. The van der Waals surface area contributed by atoms with Crippen LogP contribution in [-0.2, 0) is 6.54 Å². The van der Waals surface area contributed by atoms with Gasteiger partial charge in [0.15, 0.2) is 5.56 Å². The van der Waals surface area contributed by atoms with E-state index in [2.05, 4.69) is 10.4 Å². The van der Waals surface area contributed by atoms with Gasteiger partial charge in [-0.1, -0.05) is 12.2 Å². The zero-order valence-electron chi connectivity index (χ0n) is 13.8. The van der Waals surface area contributed by atoms with Crippen LogP contribution in [0.15, 0.2) is 17.1 Å². The van der Waals surface area contributed by atoms with Crippen molar-refractivity contribution in [3.05, 3.63) is 33.8 Å². The number of rotatable bonds is 5. The molecule has 2 aliphatic carbocycles. The smallest absolute Gasteiger partial charge is 0.291 e. The Hall–Kier alpha value is -2.64. The quantitative estimate of drug-likeness (QED) is 0.861. The van der Waals surface area contributed by atoms with Crippen LogP contribution >= 0.6 is 0 Å². The number of hydrogen-bond donors (Lipinski definition) is 2. The van der Waals surface area contributed by atoms with Gasteiger partial charge in [-0.3, -0.25) is 14.2 Å². The third-order valence-corrected chi connectivity index (χ3v) is 4.63. The minimum absolute atomic E-state index is 0.0302. The number of aromatic nitrogens is 3. The van der Waals surface area contributed by atoms with Crippen molar-refractivity contribution in [2.24, 2.45) is 0 Å². The average Bonchev–Trinajstić information content (AvgIpc) is 3.47. The number of alkyl halides is 1. The Morgan fingerprint density at radius 3 is 2.84 bits per heavy atom. The maximum absolute atomic E-state index is 14.4. The van der Waals surface area contributed by atoms with Crippen LogP contribution in [0.4, 0.5) is 4.39 Å². The van der Waals surface area contributed by atoms with Gasteiger partial charge in [0.1, 0.15) is 11.3 Å². The summed E-state index contributed by atoms with van der Waals surface area (Å²) in [5.41, 5.74) is -1.66. The fourth-order valence-electron chi connectivity index (χ4n) is 2.92. The van der Waals surface area contributed by atoms with E-state index in [9.17, 15) is 19.1 Å². The molecule has 0 aliphatic heterocycles. The molecule has 7 nitrogen and oxygen atoms in total. The third kappa shape index (κ3) is 2.71. The Bertz CT molecular complexity index is 951. The van der Waals surface area contributed by atoms with E-state index in [1.165, 1.54) is 10.8 Å². The van der Waals surface area contributed by atoms with Crippen molar-refractivity contribution in [3.63, 3.8) is 0 Å². The summed E-state index contributed by atoms with van der Waals surface area (Å²) in [6.45, 7) is 1.68. The number of allylic oxidation sites excluding steroid dienone is 1. The molecule has 0 radical (unpaired) electrons. The first-order valence-corrected chi connectivity index (χ1v) is 8.39. The summed E-state index contributed by atoms with van der Waals surface area (Å²) in [4.78, 5) is 25.1. The van der Waals surface area contributed by atoms with E-state index in [4.69, 9.17) is 0 Å². The van der Waals surface area contributed by atoms with Crippen molar-refractivity contribution in [2.75, 3.05) is 0 Å². The van der Waals surface area contributed by atoms with Crippen LogP contribution in [0, 0.1) is 0 Å². The molecule has 0 unspecified atom stereocenters. The van der Waals surface area contributed by atoms with Gasteiger partial charge >= 0.3 is 0 Å². The molecule has 2 aliphatic rings. The van der Waals surface area contributed by atoms with Crippen molar-refractivity contribution in [1.82, 2.24) is 19.5 Å². The normalized spacial score (nSPS) is 18.8. The molecule has 2 heterocycles. The van der Waals surface area contributed by atoms with Gasteiger partial charge in [-0.15, -0.1) is 0 Å². The van der Waals surface area contributed by atoms with E-state index in [0.29, 0.717) is 18.4 Å². The predicted octanol–water partition coefficient (Wildman–Crippen LogP) is 1.63. The molecule has 2 fully saturated rings. The molecular weight excluding hydrogens is 327 g/mol. The fraction of sp³-hybridized carbons (Fsp3) is 0.471. The SMILES string of the molecule is C/C=C/c1cnn2c(=O)c(C(=O)NC3CC3)c(O)n(CC3(F)CC3)c12. The number of nitrogens with zero attached hydrogens (tertiary/aromatic N) is 3. The number of carbonyl (C=O) groups excluding carboxylic acids is 1. The van der Waals surface area contributed by atoms with Gasteiger partial charge in [0.05, 0.1) is 12.7 Å². The Morgan fingerprint density at radius 2 is 2.24 bits per heavy atom. The maximum Gasteiger partial charge on any atom is 0.291 e. The Balaban J connectivity index is 1.94. The summed E-state index contributed by atoms with van der Waals surface area (Å²) < 4.78 is 16.8. The number of nitrogens with one attached hydrogen (secondary N) is 1. The summed E-state index contributed by atoms with van der Waals surface area (Å²) in [5.74, 6) is -1.15. The van der Waals surface area contributed by atoms with Crippen molar-refractivity contribution in [1.29, 1.82) is 0 Å². The van der Waals surface area contributed by atoms with E-state index < -0.39 is 28.6 Å². The molecule has 4 rings (SSSR count). The lowest BCUT2D eigenvalue weighted by Gasteiger charge is -2.17. The van der Waals surface area contributed by atoms with Crippen LogP contribution < -0.4 is 10.9 Å². The van der Waals surface area contributed by atoms with Crippen LogP contribution in [-0.4, -0.2) is 36.9 Å². The molecule has 0 aromatic carbocycles. The molecule has 2 N–H and O–H groups in total. The molecule has 1 amide bonds. The largest absolute Gasteiger partial charge is 0.494 e. The molecule has 2 aromatic heterocycles. The van der Waals surface area contributed by atoms with Crippen molar-refractivity contribution < 1.29 is 14.3 Å². The van der Waals surface area contributed by atoms with Crippen LogP contribution in [0.25, 0.3) is 11.7 Å². The summed E-state index contributed by atoms with van der Waals surface area (Å²) in [6, 6.07) is 0.0302. The number of hydrogen-bond acceptors (Lipinski definition) is 4. The van der Waals surface area contributed by atoms with Crippen LogP contribution in [0.2, 0.25) is 0 Å². The van der Waals surface area contributed by atoms with Gasteiger partial charge in [0.2, 0.25) is 5.88 Å². The second-order valence-electron chi connectivity index (χ2n) is 6.82. The lowest BCUT2D eigenvalue weighted by Crippen LogP contribution is -2.35. The lowest BCUT2D eigenvalue weighted by molar-refractivity contribution is 0.0944. The minimum Gasteiger partial charge on any atom is -0.494 e. The molecule has 2 aromatic rings. The number of fused-ring (bicyclic) bond motifs is 1. The summed E-state index contributed by atoms with van der Waals surface area (Å²) >= 11 is 0. The van der Waals surface area contributed by atoms with E-state index in [1.54, 1.807) is 19.1 Å². The highest BCUT2D eigenvalue weighted by Gasteiger charge is 2.45. The van der Waals surface area contributed by atoms with Crippen LogP contribution in [0.3, 0.4) is 0 Å². The number of halogens is 1. The Labute approximate surface area is 142 Å². The highest BCUT2D eigenvalue weighted by Crippen LogP contribution is 2.42. The van der Waals surface area contributed by atoms with Gasteiger partial charge in [-0.25, -0.2) is 4.39 Å². The first-order valence-electron chi connectivity index (χ1n) is 8.39. The predicted molar refractivity (Wildman–Crippen MR) is 89.4 cm³/mol. The van der Waals surface area contributed by atoms with Crippen molar-refractivity contribution >= 4 is 17.6 Å². The van der Waals surface area contributed by atoms with Crippen molar-refractivity contribution in [3.8, 4) is 5.88 Å². The molecule has 0 atom stereocenters. The van der Waals surface area contributed by atoms with Crippen LogP contribution in [0.5, 0.6) is 5.88 Å². The Kier molecular flexibility index (Phi) is 3.45. The number of amides is 1.